The Kier molecular flexibility index (Phi) is 8.16. The van der Waals surface area contributed by atoms with E-state index in [1.54, 1.807) is 13.4 Å². The maximum Gasteiger partial charge on any atom is 0.267 e. The van der Waals surface area contributed by atoms with Crippen LogP contribution in [0.15, 0.2) is 53.1 Å². The van der Waals surface area contributed by atoms with Crippen LogP contribution in [0.3, 0.4) is 0 Å². The van der Waals surface area contributed by atoms with E-state index in [1.807, 2.05) is 42.5 Å². The molecule has 4 N–H and O–H groups in total. The van der Waals surface area contributed by atoms with Crippen molar-refractivity contribution in [1.29, 1.82) is 0 Å². The van der Waals surface area contributed by atoms with Crippen LogP contribution in [-0.4, -0.2) is 70.5 Å². The van der Waals surface area contributed by atoms with Crippen LogP contribution in [0.25, 0.3) is 21.9 Å². The second-order valence-corrected chi connectivity index (χ2v) is 12.1. The van der Waals surface area contributed by atoms with Gasteiger partial charge in [0.2, 0.25) is 0 Å². The molecule has 1 saturated heterocycles. The van der Waals surface area contributed by atoms with Gasteiger partial charge >= 0.3 is 0 Å². The Balaban J connectivity index is 1.04. The summed E-state index contributed by atoms with van der Waals surface area (Å²) >= 11 is 0. The number of furan rings is 1. The average molecular weight is 576 g/mol. The monoisotopic (exact) mass is 575 g/mol. The van der Waals surface area contributed by atoms with Crippen molar-refractivity contribution in [3.63, 3.8) is 0 Å². The number of aliphatic hydroxyl groups excluding tert-OH is 1. The highest BCUT2D eigenvalue weighted by atomic mass is 16.5. The van der Waals surface area contributed by atoms with Gasteiger partial charge in [-0.15, -0.1) is 0 Å². The van der Waals surface area contributed by atoms with Crippen molar-refractivity contribution in [2.45, 2.75) is 69.8 Å². The van der Waals surface area contributed by atoms with E-state index in [4.69, 9.17) is 13.9 Å². The van der Waals surface area contributed by atoms with E-state index in [9.17, 15) is 15.0 Å². The van der Waals surface area contributed by atoms with E-state index < -0.39 is 5.60 Å². The maximum absolute atomic E-state index is 13.2. The van der Waals surface area contributed by atoms with Crippen molar-refractivity contribution in [2.75, 3.05) is 26.7 Å². The van der Waals surface area contributed by atoms with Gasteiger partial charge in [-0.1, -0.05) is 25.1 Å². The molecule has 0 spiro atoms. The van der Waals surface area contributed by atoms with E-state index in [0.717, 1.165) is 67.2 Å². The summed E-state index contributed by atoms with van der Waals surface area (Å²) in [6.07, 6.45) is 5.83. The molecule has 42 heavy (non-hydrogen) atoms. The van der Waals surface area contributed by atoms with E-state index >= 15 is 0 Å². The van der Waals surface area contributed by atoms with Crippen LogP contribution < -0.4 is 14.8 Å². The minimum absolute atomic E-state index is 0.0245. The smallest absolute Gasteiger partial charge is 0.267 e. The highest BCUT2D eigenvalue weighted by molar-refractivity contribution is 5.99. The number of ether oxygens (including phenoxy) is 2. The van der Waals surface area contributed by atoms with Crippen LogP contribution >= 0.6 is 0 Å². The molecule has 1 amide bonds. The van der Waals surface area contributed by atoms with Crippen molar-refractivity contribution < 1.29 is 28.9 Å². The Labute approximate surface area is 245 Å². The molecule has 9 heteroatoms. The summed E-state index contributed by atoms with van der Waals surface area (Å²) in [5.74, 6) is 1.48. The van der Waals surface area contributed by atoms with Crippen molar-refractivity contribution in [1.82, 2.24) is 15.2 Å². The molecule has 0 unspecified atom stereocenters. The topological polar surface area (TPSA) is 120 Å². The second kappa shape index (κ2) is 12.0. The van der Waals surface area contributed by atoms with Crippen molar-refractivity contribution >= 4 is 27.8 Å². The summed E-state index contributed by atoms with van der Waals surface area (Å²) in [6, 6.07) is 13.4. The number of methoxy groups -OCH3 is 1. The standard InChI is InChI=1S/C33H41N3O6/c1-21-18-36(15-11-28(21)37)16-14-33(39)12-9-23(10-13-33)34-32(38)27-17-25-26(35-27)6-4-7-29(25)41-19-22-20-42-31-24(22)5-3-8-30(31)40-2/h3-8,17,20-21,23,28,35,37,39H,9-16,18-19H2,1-2H3,(H,34,38)/t21-,23?,28-,33?/m0/s1. The molecule has 1 aliphatic carbocycles. The third-order valence-electron chi connectivity index (χ3n) is 9.20. The number of H-pyrrole nitrogens is 1. The molecule has 224 valence electrons. The van der Waals surface area contributed by atoms with Gasteiger partial charge < -0.3 is 39.3 Å². The Morgan fingerprint density at radius 2 is 1.93 bits per heavy atom. The Morgan fingerprint density at radius 3 is 2.71 bits per heavy atom. The lowest BCUT2D eigenvalue weighted by molar-refractivity contribution is -0.0272. The number of nitrogens with zero attached hydrogens (tertiary/aromatic N) is 1. The van der Waals surface area contributed by atoms with Gasteiger partial charge in [0, 0.05) is 47.5 Å². The summed E-state index contributed by atoms with van der Waals surface area (Å²) in [4.78, 5) is 18.8. The van der Waals surface area contributed by atoms with E-state index in [2.05, 4.69) is 22.1 Å². The second-order valence-electron chi connectivity index (χ2n) is 12.1. The van der Waals surface area contributed by atoms with Crippen LogP contribution in [0, 0.1) is 5.92 Å². The number of aromatic nitrogens is 1. The third-order valence-corrected chi connectivity index (χ3v) is 9.20. The molecule has 0 bridgehead atoms. The molecular formula is C33H41N3O6. The Bertz CT molecular complexity index is 1540. The number of likely N-dealkylation sites (tertiary alicyclic amines) is 1. The zero-order chi connectivity index (χ0) is 29.3. The molecule has 9 nitrogen and oxygen atoms in total. The summed E-state index contributed by atoms with van der Waals surface area (Å²) < 4.78 is 17.3. The van der Waals surface area contributed by atoms with Crippen LogP contribution in [0.1, 0.15) is 61.5 Å². The third kappa shape index (κ3) is 6.00. The quantitative estimate of drug-likeness (QED) is 0.222. The first-order valence-corrected chi connectivity index (χ1v) is 15.0. The van der Waals surface area contributed by atoms with Gasteiger partial charge in [-0.3, -0.25) is 4.79 Å². The normalized spacial score (nSPS) is 25.1. The number of aliphatic hydroxyl groups is 2. The zero-order valence-corrected chi connectivity index (χ0v) is 24.4. The number of fused-ring (bicyclic) bond motifs is 2. The lowest BCUT2D eigenvalue weighted by atomic mass is 9.80. The summed E-state index contributed by atoms with van der Waals surface area (Å²) in [6.45, 7) is 5.00. The maximum atomic E-state index is 13.2. The molecule has 1 saturated carbocycles. The van der Waals surface area contributed by atoms with E-state index in [0.29, 0.717) is 42.2 Å². The minimum Gasteiger partial charge on any atom is -0.493 e. The Morgan fingerprint density at radius 1 is 1.14 bits per heavy atom. The first-order chi connectivity index (χ1) is 20.3. The number of carbonyl (C=O) groups is 1. The van der Waals surface area contributed by atoms with E-state index in [-0.39, 0.29) is 24.0 Å². The highest BCUT2D eigenvalue weighted by Crippen LogP contribution is 2.34. The van der Waals surface area contributed by atoms with Crippen molar-refractivity contribution in [2.24, 2.45) is 5.92 Å². The number of amides is 1. The fourth-order valence-corrected chi connectivity index (χ4v) is 6.49. The molecule has 2 aromatic carbocycles. The number of para-hydroxylation sites is 1. The Hall–Kier alpha value is -3.53. The zero-order valence-electron chi connectivity index (χ0n) is 24.4. The number of aromatic amines is 1. The lowest BCUT2D eigenvalue weighted by Crippen LogP contribution is -2.47. The number of benzene rings is 2. The fraction of sp³-hybridized carbons (Fsp3) is 0.485. The SMILES string of the molecule is COc1cccc2c(COc3cccc4[nH]c(C(=O)NC5CCC(O)(CCN6CC[C@H](O)[C@@H](C)C6)CC5)cc34)coc12. The van der Waals surface area contributed by atoms with Gasteiger partial charge in [0.05, 0.1) is 25.1 Å². The molecule has 3 heterocycles. The van der Waals surface area contributed by atoms with Crippen LogP contribution in [0.4, 0.5) is 0 Å². The van der Waals surface area contributed by atoms with Crippen molar-refractivity contribution in [3.05, 3.63) is 60.0 Å². The largest absolute Gasteiger partial charge is 0.493 e. The number of nitrogens with one attached hydrogen (secondary N) is 2. The number of hydrogen-bond donors (Lipinski definition) is 4. The summed E-state index contributed by atoms with van der Waals surface area (Å²) in [5, 5.41) is 26.1. The molecule has 1 aliphatic heterocycles. The molecule has 2 aromatic heterocycles. The molecule has 2 fully saturated rings. The van der Waals surface area contributed by atoms with Gasteiger partial charge in [0.25, 0.3) is 5.91 Å². The van der Waals surface area contributed by atoms with Crippen LogP contribution in [-0.2, 0) is 6.61 Å². The predicted octanol–water partition coefficient (Wildman–Crippen LogP) is 5.00. The molecular weight excluding hydrogens is 534 g/mol. The van der Waals surface area contributed by atoms with Gasteiger partial charge in [0.1, 0.15) is 18.1 Å². The van der Waals surface area contributed by atoms with Gasteiger partial charge in [-0.25, -0.2) is 0 Å². The molecule has 0 radical (unpaired) electrons. The lowest BCUT2D eigenvalue weighted by Gasteiger charge is -2.39. The predicted molar refractivity (Wildman–Crippen MR) is 161 cm³/mol. The number of hydrogen-bond acceptors (Lipinski definition) is 7. The average Bonchev–Trinajstić information content (AvgIpc) is 3.63. The van der Waals surface area contributed by atoms with E-state index in [1.165, 1.54) is 0 Å². The molecule has 2 aliphatic rings. The molecule has 2 atom stereocenters. The number of piperidine rings is 1. The number of rotatable bonds is 9. The minimum atomic E-state index is -0.695. The van der Waals surface area contributed by atoms with Gasteiger partial charge in [-0.05, 0) is 68.7 Å². The fourth-order valence-electron chi connectivity index (χ4n) is 6.49. The molecule has 4 aromatic rings. The van der Waals surface area contributed by atoms with Crippen LogP contribution in [0.2, 0.25) is 0 Å². The highest BCUT2D eigenvalue weighted by Gasteiger charge is 2.35. The van der Waals surface area contributed by atoms with Gasteiger partial charge in [0.15, 0.2) is 11.3 Å². The first-order valence-electron chi connectivity index (χ1n) is 15.0. The summed E-state index contributed by atoms with van der Waals surface area (Å²) in [7, 11) is 1.62. The van der Waals surface area contributed by atoms with Crippen LogP contribution in [0.5, 0.6) is 11.5 Å². The molecule has 6 rings (SSSR count). The number of carbonyl (C=O) groups excluding carboxylic acids is 1. The van der Waals surface area contributed by atoms with Crippen molar-refractivity contribution in [3.8, 4) is 11.5 Å². The summed E-state index contributed by atoms with van der Waals surface area (Å²) in [5.41, 5.74) is 2.22. The van der Waals surface area contributed by atoms with Gasteiger partial charge in [-0.2, -0.15) is 0 Å². The first kappa shape index (κ1) is 28.6.